The van der Waals surface area contributed by atoms with E-state index in [1.807, 2.05) is 84.5 Å². The molecule has 0 aliphatic carbocycles. The van der Waals surface area contributed by atoms with Crippen molar-refractivity contribution in [2.75, 3.05) is 0 Å². The first-order valence-corrected chi connectivity index (χ1v) is 10.1. The standard InChI is InChI=1S/C24H20N6O/c1-2-29-14-13-19(27-29)20-18(15-25)23(26)31-24-21(20)22(16-9-5-3-6-10-16)28-30(24)17-11-7-4-8-12-17/h3-14,20H,2,26H2,1H3. The number of aromatic nitrogens is 4. The molecule has 4 aromatic rings. The first-order chi connectivity index (χ1) is 15.2. The first kappa shape index (κ1) is 18.7. The van der Waals surface area contributed by atoms with Crippen LogP contribution in [0.3, 0.4) is 0 Å². The second kappa shape index (κ2) is 7.50. The van der Waals surface area contributed by atoms with E-state index in [9.17, 15) is 5.26 Å². The number of ether oxygens (including phenoxy) is 1. The second-order valence-electron chi connectivity index (χ2n) is 7.20. The minimum Gasteiger partial charge on any atom is -0.422 e. The van der Waals surface area contributed by atoms with Gasteiger partial charge in [-0.3, -0.25) is 4.68 Å². The lowest BCUT2D eigenvalue weighted by Crippen LogP contribution is -2.22. The van der Waals surface area contributed by atoms with Crippen LogP contribution < -0.4 is 10.5 Å². The van der Waals surface area contributed by atoms with Gasteiger partial charge in [0.25, 0.3) is 0 Å². The maximum Gasteiger partial charge on any atom is 0.229 e. The Labute approximate surface area is 179 Å². The molecule has 0 saturated carbocycles. The molecule has 0 spiro atoms. The number of rotatable bonds is 4. The largest absolute Gasteiger partial charge is 0.422 e. The minimum atomic E-state index is -0.478. The van der Waals surface area contributed by atoms with Crippen LogP contribution >= 0.6 is 0 Å². The highest BCUT2D eigenvalue weighted by atomic mass is 16.5. The van der Waals surface area contributed by atoms with E-state index in [0.717, 1.165) is 34.7 Å². The van der Waals surface area contributed by atoms with Crippen molar-refractivity contribution in [2.45, 2.75) is 19.4 Å². The normalized spacial score (nSPS) is 15.3. The molecule has 0 bridgehead atoms. The molecule has 1 aliphatic heterocycles. The predicted molar refractivity (Wildman–Crippen MR) is 116 cm³/mol. The number of benzene rings is 2. The van der Waals surface area contributed by atoms with Crippen molar-refractivity contribution in [3.05, 3.63) is 95.6 Å². The molecule has 1 unspecified atom stereocenters. The molecule has 0 amide bonds. The number of nitriles is 1. The second-order valence-corrected chi connectivity index (χ2v) is 7.20. The molecular weight excluding hydrogens is 388 g/mol. The van der Waals surface area contributed by atoms with Gasteiger partial charge in [0.1, 0.15) is 17.3 Å². The quantitative estimate of drug-likeness (QED) is 0.551. The van der Waals surface area contributed by atoms with Gasteiger partial charge in [-0.1, -0.05) is 48.5 Å². The van der Waals surface area contributed by atoms with Gasteiger partial charge in [-0.2, -0.15) is 20.1 Å². The molecule has 1 atom stereocenters. The number of hydrogen-bond donors (Lipinski definition) is 1. The van der Waals surface area contributed by atoms with E-state index in [2.05, 4.69) is 11.2 Å². The molecule has 7 heteroatoms. The summed E-state index contributed by atoms with van der Waals surface area (Å²) in [4.78, 5) is 0. The van der Waals surface area contributed by atoms with Gasteiger partial charge in [-0.15, -0.1) is 0 Å². The number of nitrogens with two attached hydrogens (primary N) is 1. The van der Waals surface area contributed by atoms with Gasteiger partial charge in [0, 0.05) is 18.3 Å². The Morgan fingerprint density at radius 1 is 1.03 bits per heavy atom. The van der Waals surface area contributed by atoms with E-state index in [4.69, 9.17) is 15.6 Å². The van der Waals surface area contributed by atoms with Crippen LogP contribution in [0.5, 0.6) is 5.88 Å². The van der Waals surface area contributed by atoms with Gasteiger partial charge in [-0.25, -0.2) is 0 Å². The average Bonchev–Trinajstić information content (AvgIpc) is 3.44. The fourth-order valence-corrected chi connectivity index (χ4v) is 3.90. The molecule has 1 aliphatic rings. The summed E-state index contributed by atoms with van der Waals surface area (Å²) in [6, 6.07) is 23.8. The molecule has 2 aromatic heterocycles. The summed E-state index contributed by atoms with van der Waals surface area (Å²) in [7, 11) is 0. The van der Waals surface area contributed by atoms with Crippen LogP contribution in [-0.4, -0.2) is 19.6 Å². The molecule has 2 aromatic carbocycles. The molecule has 2 N–H and O–H groups in total. The van der Waals surface area contributed by atoms with Crippen molar-refractivity contribution in [1.29, 1.82) is 5.26 Å². The molecule has 7 nitrogen and oxygen atoms in total. The van der Waals surface area contributed by atoms with Crippen molar-refractivity contribution >= 4 is 0 Å². The van der Waals surface area contributed by atoms with Gasteiger partial charge in [-0.05, 0) is 25.1 Å². The van der Waals surface area contributed by atoms with E-state index in [1.165, 1.54) is 0 Å². The van der Waals surface area contributed by atoms with Crippen molar-refractivity contribution in [2.24, 2.45) is 5.73 Å². The molecule has 3 heterocycles. The van der Waals surface area contributed by atoms with E-state index < -0.39 is 5.92 Å². The average molecular weight is 408 g/mol. The van der Waals surface area contributed by atoms with Gasteiger partial charge >= 0.3 is 0 Å². The molecule has 0 fully saturated rings. The van der Waals surface area contributed by atoms with Gasteiger partial charge in [0.15, 0.2) is 0 Å². The summed E-state index contributed by atoms with van der Waals surface area (Å²) in [5.74, 6) is 0.0922. The van der Waals surface area contributed by atoms with Gasteiger partial charge < -0.3 is 10.5 Å². The van der Waals surface area contributed by atoms with Gasteiger partial charge in [0.2, 0.25) is 11.8 Å². The molecule has 5 rings (SSSR count). The molecule has 0 radical (unpaired) electrons. The number of allylic oxidation sites excluding steroid dienone is 1. The van der Waals surface area contributed by atoms with E-state index >= 15 is 0 Å². The fraction of sp³-hybridized carbons (Fsp3) is 0.125. The molecule has 31 heavy (non-hydrogen) atoms. The highest BCUT2D eigenvalue weighted by Gasteiger charge is 2.38. The Balaban J connectivity index is 1.82. The summed E-state index contributed by atoms with van der Waals surface area (Å²) >= 11 is 0. The molecule has 152 valence electrons. The number of aryl methyl sites for hydroxylation is 1. The smallest absolute Gasteiger partial charge is 0.229 e. The van der Waals surface area contributed by atoms with E-state index in [1.54, 1.807) is 4.68 Å². The van der Waals surface area contributed by atoms with Crippen LogP contribution in [0.15, 0.2) is 84.4 Å². The maximum atomic E-state index is 9.94. The van der Waals surface area contributed by atoms with Crippen LogP contribution in [-0.2, 0) is 6.54 Å². The zero-order valence-electron chi connectivity index (χ0n) is 16.9. The van der Waals surface area contributed by atoms with Crippen molar-refractivity contribution < 1.29 is 4.74 Å². The Morgan fingerprint density at radius 2 is 1.74 bits per heavy atom. The Kier molecular flexibility index (Phi) is 4.53. The summed E-state index contributed by atoms with van der Waals surface area (Å²) < 4.78 is 9.58. The zero-order valence-corrected chi connectivity index (χ0v) is 16.9. The van der Waals surface area contributed by atoms with Gasteiger partial charge in [0.05, 0.1) is 22.9 Å². The fourth-order valence-electron chi connectivity index (χ4n) is 3.90. The molecule has 0 saturated heterocycles. The van der Waals surface area contributed by atoms with Crippen LogP contribution in [0.25, 0.3) is 16.9 Å². The highest BCUT2D eigenvalue weighted by Crippen LogP contribution is 2.47. The lowest BCUT2D eigenvalue weighted by Gasteiger charge is -2.23. The van der Waals surface area contributed by atoms with Crippen molar-refractivity contribution in [3.8, 4) is 28.9 Å². The summed E-state index contributed by atoms with van der Waals surface area (Å²) in [5, 5.41) is 19.5. The van der Waals surface area contributed by atoms with Crippen LogP contribution in [0, 0.1) is 11.3 Å². The summed E-state index contributed by atoms with van der Waals surface area (Å²) in [6.45, 7) is 2.75. The lowest BCUT2D eigenvalue weighted by atomic mass is 9.86. The third-order valence-corrected chi connectivity index (χ3v) is 5.38. The zero-order chi connectivity index (χ0) is 21.4. The summed E-state index contributed by atoms with van der Waals surface area (Å²) in [5.41, 5.74) is 10.6. The van der Waals surface area contributed by atoms with Crippen LogP contribution in [0.2, 0.25) is 0 Å². The highest BCUT2D eigenvalue weighted by molar-refractivity contribution is 5.71. The Bertz CT molecular complexity index is 1310. The molecular formula is C24H20N6O. The third-order valence-electron chi connectivity index (χ3n) is 5.38. The Hall–Kier alpha value is -4.31. The van der Waals surface area contributed by atoms with Crippen LogP contribution in [0.4, 0.5) is 0 Å². The third kappa shape index (κ3) is 3.06. The van der Waals surface area contributed by atoms with Crippen LogP contribution in [0.1, 0.15) is 24.1 Å². The number of hydrogen-bond acceptors (Lipinski definition) is 5. The van der Waals surface area contributed by atoms with Crippen molar-refractivity contribution in [1.82, 2.24) is 19.6 Å². The number of fused-ring (bicyclic) bond motifs is 1. The lowest BCUT2D eigenvalue weighted by molar-refractivity contribution is 0.366. The first-order valence-electron chi connectivity index (χ1n) is 10.1. The maximum absolute atomic E-state index is 9.94. The van der Waals surface area contributed by atoms with E-state index in [0.29, 0.717) is 11.5 Å². The van der Waals surface area contributed by atoms with E-state index in [-0.39, 0.29) is 5.88 Å². The monoisotopic (exact) mass is 408 g/mol. The minimum absolute atomic E-state index is 0.0720. The van der Waals surface area contributed by atoms with Crippen molar-refractivity contribution in [3.63, 3.8) is 0 Å². The number of nitrogens with zero attached hydrogens (tertiary/aromatic N) is 5. The SMILES string of the molecule is CCn1ccc(C2C(C#N)=C(N)Oc3c2c(-c2ccccc2)nn3-c2ccccc2)n1. The number of para-hydroxylation sites is 1. The topological polar surface area (TPSA) is 94.7 Å². The summed E-state index contributed by atoms with van der Waals surface area (Å²) in [6.07, 6.45) is 1.90. The Morgan fingerprint density at radius 3 is 2.39 bits per heavy atom. The predicted octanol–water partition coefficient (Wildman–Crippen LogP) is 3.97.